The summed E-state index contributed by atoms with van der Waals surface area (Å²) in [5.74, 6) is 1.32. The molecule has 7 nitrogen and oxygen atoms in total. The van der Waals surface area contributed by atoms with Gasteiger partial charge in [0.05, 0.1) is 24.8 Å². The molecule has 2 heterocycles. The van der Waals surface area contributed by atoms with Crippen LogP contribution in [0.3, 0.4) is 0 Å². The van der Waals surface area contributed by atoms with E-state index in [1.54, 1.807) is 0 Å². The number of fused-ring (bicyclic) bond motifs is 1. The van der Waals surface area contributed by atoms with E-state index in [4.69, 9.17) is 25.8 Å². The smallest absolute Gasteiger partial charge is 0.142 e. The first-order valence-corrected chi connectivity index (χ1v) is 11.6. The summed E-state index contributed by atoms with van der Waals surface area (Å²) in [5, 5.41) is 41.5. The first-order chi connectivity index (χ1) is 15.7. The molecule has 33 heavy (non-hydrogen) atoms. The summed E-state index contributed by atoms with van der Waals surface area (Å²) in [6, 6.07) is 9.61. The van der Waals surface area contributed by atoms with Crippen molar-refractivity contribution < 1.29 is 34.6 Å². The van der Waals surface area contributed by atoms with Gasteiger partial charge in [0.2, 0.25) is 0 Å². The molecular weight excluding hydrogens is 448 g/mol. The summed E-state index contributed by atoms with van der Waals surface area (Å²) < 4.78 is 17.4. The maximum Gasteiger partial charge on any atom is 0.142 e. The fourth-order valence-corrected chi connectivity index (χ4v) is 4.94. The number of hydrogen-bond donors (Lipinski definition) is 4. The lowest BCUT2D eigenvalue weighted by molar-refractivity contribution is -0.232. The molecule has 0 spiro atoms. The van der Waals surface area contributed by atoms with Gasteiger partial charge in [0.1, 0.15) is 42.0 Å². The molecule has 2 aliphatic rings. The number of benzene rings is 2. The van der Waals surface area contributed by atoms with E-state index < -0.39 is 42.5 Å². The molecule has 1 fully saturated rings. The Morgan fingerprint density at radius 1 is 1.09 bits per heavy atom. The number of aliphatic hydroxyl groups is 4. The molecule has 2 aliphatic heterocycles. The minimum atomic E-state index is -1.47. The van der Waals surface area contributed by atoms with Gasteiger partial charge < -0.3 is 34.6 Å². The standard InChI is InChI=1S/C25H31ClO7/c1-4-31-15-7-5-13(6-8-15)9-14-10-16(18-24(19(14)26)32-12-25(18,2)3)23-22(30)21(29)20(28)17(11-27)33-23/h5-8,10,17,20-23,27-30H,4,9,11-12H2,1-3H3. The van der Waals surface area contributed by atoms with Gasteiger partial charge in [0.15, 0.2) is 0 Å². The molecule has 0 saturated carbocycles. The Bertz CT molecular complexity index is 989. The summed E-state index contributed by atoms with van der Waals surface area (Å²) in [7, 11) is 0. The van der Waals surface area contributed by atoms with Gasteiger partial charge in [-0.05, 0) is 42.2 Å². The van der Waals surface area contributed by atoms with Crippen LogP contribution in [0, 0.1) is 0 Å². The molecule has 2 aromatic carbocycles. The van der Waals surface area contributed by atoms with Gasteiger partial charge in [-0.25, -0.2) is 0 Å². The number of aliphatic hydroxyl groups excluding tert-OH is 4. The predicted octanol–water partition coefficient (Wildman–Crippen LogP) is 2.51. The molecule has 180 valence electrons. The molecule has 0 bridgehead atoms. The lowest BCUT2D eigenvalue weighted by Crippen LogP contribution is -2.55. The summed E-state index contributed by atoms with van der Waals surface area (Å²) in [6.45, 7) is 6.45. The van der Waals surface area contributed by atoms with Crippen molar-refractivity contribution in [3.05, 3.63) is 57.6 Å². The van der Waals surface area contributed by atoms with Crippen molar-refractivity contribution in [1.82, 2.24) is 0 Å². The molecule has 8 heteroatoms. The van der Waals surface area contributed by atoms with E-state index in [2.05, 4.69) is 0 Å². The van der Waals surface area contributed by atoms with Crippen molar-refractivity contribution in [3.63, 3.8) is 0 Å². The molecular formula is C25H31ClO7. The van der Waals surface area contributed by atoms with Crippen LogP contribution in [0.1, 0.15) is 49.1 Å². The van der Waals surface area contributed by atoms with E-state index in [9.17, 15) is 20.4 Å². The third-order valence-electron chi connectivity index (χ3n) is 6.41. The second-order valence-corrected chi connectivity index (χ2v) is 9.70. The fraction of sp³-hybridized carbons (Fsp3) is 0.520. The van der Waals surface area contributed by atoms with E-state index in [1.807, 2.05) is 51.1 Å². The zero-order valence-corrected chi connectivity index (χ0v) is 19.7. The molecule has 4 rings (SSSR count). The van der Waals surface area contributed by atoms with E-state index in [0.29, 0.717) is 36.0 Å². The van der Waals surface area contributed by atoms with Crippen LogP contribution in [-0.2, 0) is 16.6 Å². The van der Waals surface area contributed by atoms with Gasteiger partial charge in [-0.15, -0.1) is 0 Å². The van der Waals surface area contributed by atoms with Crippen molar-refractivity contribution >= 4 is 11.6 Å². The Balaban J connectivity index is 1.77. The topological polar surface area (TPSA) is 109 Å². The van der Waals surface area contributed by atoms with Crippen molar-refractivity contribution in [3.8, 4) is 11.5 Å². The molecule has 5 atom stereocenters. The maximum absolute atomic E-state index is 10.8. The molecule has 0 radical (unpaired) electrons. The van der Waals surface area contributed by atoms with Gasteiger partial charge in [-0.2, -0.15) is 0 Å². The Labute approximate surface area is 198 Å². The molecule has 1 saturated heterocycles. The summed E-state index contributed by atoms with van der Waals surface area (Å²) in [4.78, 5) is 0. The minimum absolute atomic E-state index is 0.402. The van der Waals surface area contributed by atoms with Crippen LogP contribution in [0.2, 0.25) is 5.02 Å². The van der Waals surface area contributed by atoms with E-state index in [-0.39, 0.29) is 0 Å². The second kappa shape index (κ2) is 9.41. The Morgan fingerprint density at radius 3 is 2.42 bits per heavy atom. The average Bonchev–Trinajstić information content (AvgIpc) is 3.11. The van der Waals surface area contributed by atoms with E-state index >= 15 is 0 Å². The van der Waals surface area contributed by atoms with Crippen LogP contribution < -0.4 is 9.47 Å². The highest BCUT2D eigenvalue weighted by Crippen LogP contribution is 2.50. The van der Waals surface area contributed by atoms with Crippen molar-refractivity contribution in [2.24, 2.45) is 0 Å². The summed E-state index contributed by atoms with van der Waals surface area (Å²) in [6.07, 6.45) is -5.73. The van der Waals surface area contributed by atoms with Crippen LogP contribution in [0.25, 0.3) is 0 Å². The molecule has 4 N–H and O–H groups in total. The zero-order chi connectivity index (χ0) is 23.9. The second-order valence-electron chi connectivity index (χ2n) is 9.32. The van der Waals surface area contributed by atoms with Gasteiger partial charge >= 0.3 is 0 Å². The van der Waals surface area contributed by atoms with Gasteiger partial charge in [-0.3, -0.25) is 0 Å². The fourth-order valence-electron chi connectivity index (χ4n) is 4.67. The third-order valence-corrected chi connectivity index (χ3v) is 6.82. The maximum atomic E-state index is 10.8. The first kappa shape index (κ1) is 24.3. The third kappa shape index (κ3) is 4.46. The lowest BCUT2D eigenvalue weighted by atomic mass is 9.78. The van der Waals surface area contributed by atoms with Gasteiger partial charge in [0, 0.05) is 11.0 Å². The van der Waals surface area contributed by atoms with Crippen LogP contribution in [0.4, 0.5) is 0 Å². The van der Waals surface area contributed by atoms with E-state index in [0.717, 1.165) is 22.4 Å². The van der Waals surface area contributed by atoms with Crippen molar-refractivity contribution in [2.75, 3.05) is 19.8 Å². The summed E-state index contributed by atoms with van der Waals surface area (Å²) in [5.41, 5.74) is 2.81. The highest BCUT2D eigenvalue weighted by Gasteiger charge is 2.47. The highest BCUT2D eigenvalue weighted by molar-refractivity contribution is 6.33. The monoisotopic (exact) mass is 478 g/mol. The largest absolute Gasteiger partial charge is 0.494 e. The Hall–Kier alpha value is -1.87. The summed E-state index contributed by atoms with van der Waals surface area (Å²) >= 11 is 6.79. The molecule has 0 amide bonds. The first-order valence-electron chi connectivity index (χ1n) is 11.2. The predicted molar refractivity (Wildman–Crippen MR) is 123 cm³/mol. The number of halogens is 1. The van der Waals surface area contributed by atoms with E-state index in [1.165, 1.54) is 0 Å². The van der Waals surface area contributed by atoms with Crippen LogP contribution in [0.5, 0.6) is 11.5 Å². The quantitative estimate of drug-likeness (QED) is 0.505. The average molecular weight is 479 g/mol. The number of ether oxygens (including phenoxy) is 3. The normalized spacial score (nSPS) is 28.3. The molecule has 2 aromatic rings. The van der Waals surface area contributed by atoms with Gasteiger partial charge in [-0.1, -0.05) is 43.6 Å². The van der Waals surface area contributed by atoms with Crippen molar-refractivity contribution in [1.29, 1.82) is 0 Å². The number of rotatable bonds is 6. The Kier molecular flexibility index (Phi) is 6.92. The minimum Gasteiger partial charge on any atom is -0.494 e. The lowest BCUT2D eigenvalue weighted by Gasteiger charge is -2.41. The van der Waals surface area contributed by atoms with Crippen LogP contribution >= 0.6 is 11.6 Å². The van der Waals surface area contributed by atoms with Crippen molar-refractivity contribution in [2.45, 2.75) is 63.1 Å². The highest BCUT2D eigenvalue weighted by atomic mass is 35.5. The van der Waals surface area contributed by atoms with Crippen LogP contribution in [0.15, 0.2) is 30.3 Å². The zero-order valence-electron chi connectivity index (χ0n) is 19.0. The van der Waals surface area contributed by atoms with Gasteiger partial charge in [0.25, 0.3) is 0 Å². The molecule has 0 aliphatic carbocycles. The number of hydrogen-bond acceptors (Lipinski definition) is 7. The molecule has 5 unspecified atom stereocenters. The van der Waals surface area contributed by atoms with Crippen LogP contribution in [-0.4, -0.2) is 64.7 Å². The Morgan fingerprint density at radius 2 is 1.79 bits per heavy atom. The molecule has 0 aromatic heterocycles. The SMILES string of the molecule is CCOc1ccc(Cc2cc(C3OC(CO)C(O)C(O)C3O)c3c(c2Cl)OCC3(C)C)cc1.